The van der Waals surface area contributed by atoms with Gasteiger partial charge < -0.3 is 20.5 Å². The molecule has 1 unspecified atom stereocenters. The lowest BCUT2D eigenvalue weighted by Crippen LogP contribution is -2.27. The van der Waals surface area contributed by atoms with E-state index in [9.17, 15) is 0 Å². The first-order chi connectivity index (χ1) is 9.20. The van der Waals surface area contributed by atoms with E-state index in [4.69, 9.17) is 15.2 Å². The number of nitrogens with one attached hydrogen (secondary N) is 1. The molecule has 0 saturated carbocycles. The van der Waals surface area contributed by atoms with Crippen LogP contribution in [0.2, 0.25) is 0 Å². The minimum Gasteiger partial charge on any atom is -0.490 e. The zero-order valence-corrected chi connectivity index (χ0v) is 11.8. The molecular formula is C15H24N2O2. The van der Waals surface area contributed by atoms with E-state index in [1.165, 1.54) is 0 Å². The molecule has 4 heteroatoms. The van der Waals surface area contributed by atoms with Gasteiger partial charge in [0.1, 0.15) is 0 Å². The third-order valence-electron chi connectivity index (χ3n) is 3.56. The van der Waals surface area contributed by atoms with Crippen molar-refractivity contribution in [1.82, 2.24) is 0 Å². The Hall–Kier alpha value is -1.42. The summed E-state index contributed by atoms with van der Waals surface area (Å²) in [6.45, 7) is 7.43. The molecule has 1 aliphatic heterocycles. The van der Waals surface area contributed by atoms with Crippen molar-refractivity contribution >= 4 is 5.69 Å². The van der Waals surface area contributed by atoms with E-state index in [0.717, 1.165) is 36.8 Å². The predicted molar refractivity (Wildman–Crippen MR) is 77.9 cm³/mol. The van der Waals surface area contributed by atoms with Gasteiger partial charge in [0.2, 0.25) is 0 Å². The van der Waals surface area contributed by atoms with Crippen molar-refractivity contribution in [3.63, 3.8) is 0 Å². The van der Waals surface area contributed by atoms with E-state index in [-0.39, 0.29) is 0 Å². The summed E-state index contributed by atoms with van der Waals surface area (Å²) in [5, 5.41) is 3.43. The first kappa shape index (κ1) is 14.0. The molecule has 0 saturated heterocycles. The summed E-state index contributed by atoms with van der Waals surface area (Å²) in [5.74, 6) is 2.73. The number of anilines is 1. The van der Waals surface area contributed by atoms with Crippen molar-refractivity contribution in [2.24, 2.45) is 17.6 Å². The lowest BCUT2D eigenvalue weighted by atomic mass is 9.96. The molecule has 106 valence electrons. The Kier molecular flexibility index (Phi) is 4.91. The van der Waals surface area contributed by atoms with Gasteiger partial charge in [0, 0.05) is 24.7 Å². The van der Waals surface area contributed by atoms with Crippen LogP contribution < -0.4 is 20.5 Å². The standard InChI is InChI=1S/C15H24N2O2/c1-11(2)12(9-16)10-17-13-4-5-14-15(8-13)19-7-3-6-18-14/h4-5,8,11-12,17H,3,6-7,9-10,16H2,1-2H3. The number of fused-ring (bicyclic) bond motifs is 1. The fraction of sp³-hybridized carbons (Fsp3) is 0.600. The highest BCUT2D eigenvalue weighted by Gasteiger charge is 2.13. The van der Waals surface area contributed by atoms with Crippen LogP contribution in [0.5, 0.6) is 11.5 Å². The molecular weight excluding hydrogens is 240 g/mol. The van der Waals surface area contributed by atoms with E-state index in [1.54, 1.807) is 0 Å². The van der Waals surface area contributed by atoms with Gasteiger partial charge in [0.25, 0.3) is 0 Å². The molecule has 19 heavy (non-hydrogen) atoms. The molecule has 1 aromatic carbocycles. The molecule has 0 radical (unpaired) electrons. The van der Waals surface area contributed by atoms with Gasteiger partial charge in [-0.05, 0) is 30.5 Å². The van der Waals surface area contributed by atoms with Gasteiger partial charge in [-0.3, -0.25) is 0 Å². The van der Waals surface area contributed by atoms with Crippen LogP contribution in [0.1, 0.15) is 20.3 Å². The highest BCUT2D eigenvalue weighted by Crippen LogP contribution is 2.32. The summed E-state index contributed by atoms with van der Waals surface area (Å²) >= 11 is 0. The topological polar surface area (TPSA) is 56.5 Å². The predicted octanol–water partition coefficient (Wildman–Crippen LogP) is 2.49. The SMILES string of the molecule is CC(C)C(CN)CNc1ccc2c(c1)OCCCO2. The van der Waals surface area contributed by atoms with E-state index in [1.807, 2.05) is 18.2 Å². The summed E-state index contributed by atoms with van der Waals surface area (Å²) < 4.78 is 11.3. The Balaban J connectivity index is 1.99. The zero-order chi connectivity index (χ0) is 13.7. The number of benzene rings is 1. The molecule has 0 spiro atoms. The molecule has 1 aliphatic rings. The molecule has 4 nitrogen and oxygen atoms in total. The summed E-state index contributed by atoms with van der Waals surface area (Å²) in [7, 11) is 0. The van der Waals surface area contributed by atoms with Crippen LogP contribution in [0.25, 0.3) is 0 Å². The number of ether oxygens (including phenoxy) is 2. The molecule has 1 atom stereocenters. The van der Waals surface area contributed by atoms with Gasteiger partial charge in [-0.2, -0.15) is 0 Å². The Morgan fingerprint density at radius 3 is 2.63 bits per heavy atom. The van der Waals surface area contributed by atoms with Gasteiger partial charge in [-0.1, -0.05) is 13.8 Å². The second-order valence-electron chi connectivity index (χ2n) is 5.33. The van der Waals surface area contributed by atoms with E-state index >= 15 is 0 Å². The van der Waals surface area contributed by atoms with Gasteiger partial charge >= 0.3 is 0 Å². The Labute approximate surface area is 115 Å². The maximum Gasteiger partial charge on any atom is 0.163 e. The second kappa shape index (κ2) is 6.66. The van der Waals surface area contributed by atoms with E-state index in [0.29, 0.717) is 25.0 Å². The molecule has 3 N–H and O–H groups in total. The Morgan fingerprint density at radius 1 is 1.21 bits per heavy atom. The maximum atomic E-state index is 5.78. The molecule has 2 rings (SSSR count). The lowest BCUT2D eigenvalue weighted by molar-refractivity contribution is 0.297. The third-order valence-corrected chi connectivity index (χ3v) is 3.56. The molecule has 0 aliphatic carbocycles. The summed E-state index contributed by atoms with van der Waals surface area (Å²) in [6.07, 6.45) is 0.931. The van der Waals surface area contributed by atoms with Crippen molar-refractivity contribution in [2.75, 3.05) is 31.6 Å². The molecule has 0 fully saturated rings. The first-order valence-electron chi connectivity index (χ1n) is 7.04. The maximum absolute atomic E-state index is 5.78. The van der Waals surface area contributed by atoms with Gasteiger partial charge in [-0.25, -0.2) is 0 Å². The minimum absolute atomic E-state index is 0.482. The van der Waals surface area contributed by atoms with Crippen LogP contribution in [0.3, 0.4) is 0 Å². The van der Waals surface area contributed by atoms with Crippen LogP contribution >= 0.6 is 0 Å². The van der Waals surface area contributed by atoms with Crippen molar-refractivity contribution in [3.8, 4) is 11.5 Å². The third kappa shape index (κ3) is 3.77. The van der Waals surface area contributed by atoms with Crippen LogP contribution in [0.4, 0.5) is 5.69 Å². The molecule has 0 aromatic heterocycles. The number of hydrogen-bond donors (Lipinski definition) is 2. The molecule has 0 amide bonds. The van der Waals surface area contributed by atoms with Crippen molar-refractivity contribution < 1.29 is 9.47 Å². The van der Waals surface area contributed by atoms with Crippen LogP contribution in [-0.4, -0.2) is 26.3 Å². The summed E-state index contributed by atoms with van der Waals surface area (Å²) in [6, 6.07) is 6.01. The van der Waals surface area contributed by atoms with Gasteiger partial charge in [0.05, 0.1) is 13.2 Å². The highest BCUT2D eigenvalue weighted by atomic mass is 16.5. The first-order valence-corrected chi connectivity index (χ1v) is 7.04. The number of nitrogens with two attached hydrogens (primary N) is 1. The van der Waals surface area contributed by atoms with Crippen molar-refractivity contribution in [2.45, 2.75) is 20.3 Å². The summed E-state index contributed by atoms with van der Waals surface area (Å²) in [5.41, 5.74) is 6.84. The van der Waals surface area contributed by atoms with Crippen molar-refractivity contribution in [1.29, 1.82) is 0 Å². The van der Waals surface area contributed by atoms with Gasteiger partial charge in [0.15, 0.2) is 11.5 Å². The monoisotopic (exact) mass is 264 g/mol. The second-order valence-corrected chi connectivity index (χ2v) is 5.33. The Morgan fingerprint density at radius 2 is 1.95 bits per heavy atom. The van der Waals surface area contributed by atoms with Crippen LogP contribution in [0, 0.1) is 11.8 Å². The smallest absolute Gasteiger partial charge is 0.163 e. The quantitative estimate of drug-likeness (QED) is 0.858. The Bertz CT molecular complexity index is 407. The van der Waals surface area contributed by atoms with Crippen molar-refractivity contribution in [3.05, 3.63) is 18.2 Å². The molecule has 1 aromatic rings. The molecule has 0 bridgehead atoms. The average molecular weight is 264 g/mol. The highest BCUT2D eigenvalue weighted by molar-refractivity contribution is 5.55. The minimum atomic E-state index is 0.482. The normalized spacial score (nSPS) is 16.0. The van der Waals surface area contributed by atoms with Crippen LogP contribution in [0.15, 0.2) is 18.2 Å². The average Bonchev–Trinajstić information content (AvgIpc) is 2.63. The number of hydrogen-bond acceptors (Lipinski definition) is 4. The van der Waals surface area contributed by atoms with E-state index < -0.39 is 0 Å². The summed E-state index contributed by atoms with van der Waals surface area (Å²) in [4.78, 5) is 0. The largest absolute Gasteiger partial charge is 0.490 e. The fourth-order valence-corrected chi connectivity index (χ4v) is 2.11. The van der Waals surface area contributed by atoms with Gasteiger partial charge in [-0.15, -0.1) is 0 Å². The number of rotatable bonds is 5. The fourth-order valence-electron chi connectivity index (χ4n) is 2.11. The van der Waals surface area contributed by atoms with E-state index in [2.05, 4.69) is 19.2 Å². The van der Waals surface area contributed by atoms with Crippen LogP contribution in [-0.2, 0) is 0 Å². The molecule has 1 heterocycles. The zero-order valence-electron chi connectivity index (χ0n) is 11.8. The lowest BCUT2D eigenvalue weighted by Gasteiger charge is -2.20.